The molecule has 1 N–H and O–H groups in total. The summed E-state index contributed by atoms with van der Waals surface area (Å²) in [6.45, 7) is 4.09. The third-order valence-corrected chi connectivity index (χ3v) is 4.57. The molecule has 1 amide bonds. The van der Waals surface area contributed by atoms with Gasteiger partial charge < -0.3 is 5.32 Å². The summed E-state index contributed by atoms with van der Waals surface area (Å²) in [5.41, 5.74) is 3.69. The van der Waals surface area contributed by atoms with Crippen molar-refractivity contribution in [1.29, 1.82) is 0 Å². The summed E-state index contributed by atoms with van der Waals surface area (Å²) in [6, 6.07) is 18.7. The predicted molar refractivity (Wildman–Crippen MR) is 95.0 cm³/mol. The number of amides is 1. The third kappa shape index (κ3) is 5.57. The number of hydrogen-bond donors (Lipinski definition) is 1. The highest BCUT2D eigenvalue weighted by molar-refractivity contribution is 7.98. The minimum atomic E-state index is 0.0622. The van der Waals surface area contributed by atoms with Gasteiger partial charge in [-0.05, 0) is 25.0 Å². The molecule has 2 rings (SSSR count). The molecule has 0 fully saturated rings. The number of carbonyl (C=O) groups is 1. The third-order valence-electron chi connectivity index (χ3n) is 3.54. The second-order valence-corrected chi connectivity index (χ2v) is 6.59. The summed E-state index contributed by atoms with van der Waals surface area (Å²) < 4.78 is 0. The number of thioether (sulfide) groups is 1. The van der Waals surface area contributed by atoms with Crippen LogP contribution >= 0.6 is 11.8 Å². The number of nitrogens with one attached hydrogen (secondary N) is 1. The van der Waals surface area contributed by atoms with E-state index in [1.165, 1.54) is 11.1 Å². The van der Waals surface area contributed by atoms with E-state index >= 15 is 0 Å². The smallest absolute Gasteiger partial charge is 0.221 e. The quantitative estimate of drug-likeness (QED) is 0.763. The fourth-order valence-electron chi connectivity index (χ4n) is 2.18. The first-order chi connectivity index (χ1) is 10.6. The van der Waals surface area contributed by atoms with Gasteiger partial charge in [0.15, 0.2) is 0 Å². The summed E-state index contributed by atoms with van der Waals surface area (Å²) >= 11 is 1.80. The first-order valence-electron chi connectivity index (χ1n) is 7.63. The van der Waals surface area contributed by atoms with Crippen molar-refractivity contribution in [3.05, 3.63) is 71.3 Å². The van der Waals surface area contributed by atoms with E-state index in [1.54, 1.807) is 11.8 Å². The normalized spacial score (nSPS) is 11.9. The molecular formula is C19H23NOS. The second kappa shape index (κ2) is 8.64. The topological polar surface area (TPSA) is 29.1 Å². The van der Waals surface area contributed by atoms with Crippen LogP contribution in [-0.4, -0.2) is 11.7 Å². The Morgan fingerprint density at radius 3 is 2.45 bits per heavy atom. The van der Waals surface area contributed by atoms with Crippen molar-refractivity contribution >= 4 is 17.7 Å². The van der Waals surface area contributed by atoms with Gasteiger partial charge in [-0.15, -0.1) is 0 Å². The Balaban J connectivity index is 1.68. The Labute approximate surface area is 137 Å². The maximum Gasteiger partial charge on any atom is 0.221 e. The molecule has 0 saturated heterocycles. The molecule has 2 nitrogen and oxygen atoms in total. The Kier molecular flexibility index (Phi) is 6.53. The van der Waals surface area contributed by atoms with Crippen LogP contribution in [0.15, 0.2) is 54.6 Å². The molecule has 0 radical (unpaired) electrons. The molecule has 0 aliphatic rings. The molecule has 0 aliphatic heterocycles. The van der Waals surface area contributed by atoms with Gasteiger partial charge >= 0.3 is 0 Å². The zero-order chi connectivity index (χ0) is 15.8. The maximum atomic E-state index is 12.0. The van der Waals surface area contributed by atoms with Crippen molar-refractivity contribution in [3.63, 3.8) is 0 Å². The van der Waals surface area contributed by atoms with Crippen molar-refractivity contribution in [3.8, 4) is 0 Å². The van der Waals surface area contributed by atoms with E-state index < -0.39 is 0 Å². The Bertz CT molecular complexity index is 580. The van der Waals surface area contributed by atoms with Crippen molar-refractivity contribution in [1.82, 2.24) is 5.32 Å². The molecule has 0 aliphatic carbocycles. The van der Waals surface area contributed by atoms with Crippen LogP contribution in [0, 0.1) is 6.92 Å². The average Bonchev–Trinajstić information content (AvgIpc) is 2.53. The minimum Gasteiger partial charge on any atom is -0.350 e. The lowest BCUT2D eigenvalue weighted by Gasteiger charge is -2.14. The number of hydrogen-bond acceptors (Lipinski definition) is 2. The van der Waals surface area contributed by atoms with Crippen molar-refractivity contribution < 1.29 is 4.79 Å². The SMILES string of the molecule is Cc1ccc([C@@H](C)NC(=O)CCSCc2ccccc2)cc1. The van der Waals surface area contributed by atoms with Crippen LogP contribution in [0.3, 0.4) is 0 Å². The van der Waals surface area contributed by atoms with Gasteiger partial charge in [-0.3, -0.25) is 4.79 Å². The lowest BCUT2D eigenvalue weighted by atomic mass is 10.1. The van der Waals surface area contributed by atoms with E-state index in [-0.39, 0.29) is 11.9 Å². The molecule has 3 heteroatoms. The molecule has 0 bridgehead atoms. The van der Waals surface area contributed by atoms with E-state index in [0.29, 0.717) is 6.42 Å². The van der Waals surface area contributed by atoms with Crippen LogP contribution in [-0.2, 0) is 10.5 Å². The van der Waals surface area contributed by atoms with Crippen molar-refractivity contribution in [2.75, 3.05) is 5.75 Å². The monoisotopic (exact) mass is 313 g/mol. The molecule has 2 aromatic carbocycles. The van der Waals surface area contributed by atoms with Gasteiger partial charge in [0.05, 0.1) is 6.04 Å². The maximum absolute atomic E-state index is 12.0. The van der Waals surface area contributed by atoms with Crippen LogP contribution in [0.1, 0.15) is 36.1 Å². The van der Waals surface area contributed by atoms with Gasteiger partial charge in [-0.25, -0.2) is 0 Å². The number of aryl methyl sites for hydroxylation is 1. The lowest BCUT2D eigenvalue weighted by Crippen LogP contribution is -2.26. The Morgan fingerprint density at radius 1 is 1.09 bits per heavy atom. The molecule has 2 aromatic rings. The minimum absolute atomic E-state index is 0.0622. The molecule has 0 spiro atoms. The number of carbonyl (C=O) groups excluding carboxylic acids is 1. The molecule has 116 valence electrons. The van der Waals surface area contributed by atoms with Crippen LogP contribution in [0.4, 0.5) is 0 Å². The first kappa shape index (κ1) is 16.6. The standard InChI is InChI=1S/C19H23NOS/c1-15-8-10-18(11-9-15)16(2)20-19(21)12-13-22-14-17-6-4-3-5-7-17/h3-11,16H,12-14H2,1-2H3,(H,20,21)/t16-/m1/s1. The largest absolute Gasteiger partial charge is 0.350 e. The van der Waals surface area contributed by atoms with Crippen LogP contribution in [0.25, 0.3) is 0 Å². The zero-order valence-electron chi connectivity index (χ0n) is 13.2. The van der Waals surface area contributed by atoms with E-state index in [4.69, 9.17) is 0 Å². The average molecular weight is 313 g/mol. The molecule has 1 atom stereocenters. The van der Waals surface area contributed by atoms with Gasteiger partial charge in [0.2, 0.25) is 5.91 Å². The lowest BCUT2D eigenvalue weighted by molar-refractivity contribution is -0.121. The van der Waals surface area contributed by atoms with E-state index in [9.17, 15) is 4.79 Å². The summed E-state index contributed by atoms with van der Waals surface area (Å²) in [4.78, 5) is 12.0. The molecule has 0 heterocycles. The summed E-state index contributed by atoms with van der Waals surface area (Å²) in [6.07, 6.45) is 0.563. The van der Waals surface area contributed by atoms with Gasteiger partial charge in [0.25, 0.3) is 0 Å². The summed E-state index contributed by atoms with van der Waals surface area (Å²) in [7, 11) is 0. The zero-order valence-corrected chi connectivity index (χ0v) is 14.0. The first-order valence-corrected chi connectivity index (χ1v) is 8.78. The van der Waals surface area contributed by atoms with E-state index in [0.717, 1.165) is 17.1 Å². The molecule has 22 heavy (non-hydrogen) atoms. The predicted octanol–water partition coefficient (Wildman–Crippen LogP) is 4.50. The van der Waals surface area contributed by atoms with Crippen LogP contribution in [0.2, 0.25) is 0 Å². The number of benzene rings is 2. The Morgan fingerprint density at radius 2 is 1.77 bits per heavy atom. The highest BCUT2D eigenvalue weighted by Crippen LogP contribution is 2.15. The van der Waals surface area contributed by atoms with Gasteiger partial charge in [-0.1, -0.05) is 60.2 Å². The van der Waals surface area contributed by atoms with Gasteiger partial charge in [-0.2, -0.15) is 11.8 Å². The van der Waals surface area contributed by atoms with E-state index in [1.807, 2.05) is 25.1 Å². The van der Waals surface area contributed by atoms with E-state index in [2.05, 4.69) is 48.6 Å². The van der Waals surface area contributed by atoms with Crippen LogP contribution < -0.4 is 5.32 Å². The second-order valence-electron chi connectivity index (χ2n) is 5.49. The fraction of sp³-hybridized carbons (Fsp3) is 0.316. The molecule has 0 aromatic heterocycles. The highest BCUT2D eigenvalue weighted by atomic mass is 32.2. The molecule has 0 unspecified atom stereocenters. The number of rotatable bonds is 7. The molecule has 0 saturated carbocycles. The fourth-order valence-corrected chi connectivity index (χ4v) is 3.08. The van der Waals surface area contributed by atoms with Gasteiger partial charge in [0.1, 0.15) is 0 Å². The summed E-state index contributed by atoms with van der Waals surface area (Å²) in [5, 5.41) is 3.06. The van der Waals surface area contributed by atoms with Crippen molar-refractivity contribution in [2.24, 2.45) is 0 Å². The summed E-state index contributed by atoms with van der Waals surface area (Å²) in [5.74, 6) is 1.93. The molecular weight excluding hydrogens is 290 g/mol. The van der Waals surface area contributed by atoms with Crippen LogP contribution in [0.5, 0.6) is 0 Å². The van der Waals surface area contributed by atoms with Gasteiger partial charge in [0, 0.05) is 17.9 Å². The highest BCUT2D eigenvalue weighted by Gasteiger charge is 2.09. The van der Waals surface area contributed by atoms with Crippen molar-refractivity contribution in [2.45, 2.75) is 32.1 Å². The Hall–Kier alpha value is -1.74.